The average Bonchev–Trinajstić information content (AvgIpc) is 2.64. The Morgan fingerprint density at radius 2 is 2.17 bits per heavy atom. The molecule has 0 aliphatic carbocycles. The van der Waals surface area contributed by atoms with E-state index < -0.39 is 0 Å². The Morgan fingerprint density at radius 3 is 2.78 bits per heavy atom. The van der Waals surface area contributed by atoms with E-state index in [1.807, 2.05) is 4.57 Å². The van der Waals surface area contributed by atoms with Gasteiger partial charge in [-0.1, -0.05) is 19.9 Å². The number of halogens is 2. The van der Waals surface area contributed by atoms with E-state index in [1.54, 1.807) is 18.5 Å². The number of nitrogens with zero attached hydrogens (tertiary/aromatic N) is 2. The fourth-order valence-electron chi connectivity index (χ4n) is 1.80. The molecular weight excluding hydrogens is 297 g/mol. The number of nitrogens with two attached hydrogens (primary N) is 1. The van der Waals surface area contributed by atoms with E-state index in [0.717, 1.165) is 6.54 Å². The fraction of sp³-hybridized carbons (Fsp3) is 0.308. The van der Waals surface area contributed by atoms with Crippen LogP contribution in [0.25, 0.3) is 11.3 Å². The fourth-order valence-corrected chi connectivity index (χ4v) is 2.04. The predicted molar refractivity (Wildman–Crippen MR) is 74.6 cm³/mol. The summed E-state index contributed by atoms with van der Waals surface area (Å²) in [4.78, 5) is 4.27. The molecule has 0 bridgehead atoms. The molecule has 0 radical (unpaired) electrons. The van der Waals surface area contributed by atoms with Gasteiger partial charge in [0, 0.05) is 12.1 Å². The summed E-state index contributed by atoms with van der Waals surface area (Å²) >= 11 is 3.13. The van der Waals surface area contributed by atoms with Crippen molar-refractivity contribution in [2.45, 2.75) is 20.4 Å². The van der Waals surface area contributed by atoms with Gasteiger partial charge in [0.1, 0.15) is 17.3 Å². The lowest BCUT2D eigenvalue weighted by Crippen LogP contribution is -2.06. The molecule has 1 aromatic carbocycles. The van der Waals surface area contributed by atoms with E-state index in [2.05, 4.69) is 34.8 Å². The maximum atomic E-state index is 13.5. The number of benzene rings is 1. The molecule has 0 spiro atoms. The Kier molecular flexibility index (Phi) is 3.71. The summed E-state index contributed by atoms with van der Waals surface area (Å²) in [6.07, 6.45) is 1.70. The highest BCUT2D eigenvalue weighted by atomic mass is 79.9. The Hall–Kier alpha value is -1.36. The van der Waals surface area contributed by atoms with Gasteiger partial charge in [0.15, 0.2) is 0 Å². The molecule has 0 unspecified atom stereocenters. The molecule has 5 heteroatoms. The molecule has 0 saturated heterocycles. The van der Waals surface area contributed by atoms with Crippen molar-refractivity contribution in [1.29, 1.82) is 0 Å². The third-order valence-corrected chi connectivity index (χ3v) is 3.28. The van der Waals surface area contributed by atoms with Gasteiger partial charge in [-0.25, -0.2) is 9.37 Å². The third-order valence-electron chi connectivity index (χ3n) is 2.63. The van der Waals surface area contributed by atoms with Crippen LogP contribution in [-0.2, 0) is 6.54 Å². The minimum absolute atomic E-state index is 0.315. The minimum Gasteiger partial charge on any atom is -0.383 e. The first-order valence-electron chi connectivity index (χ1n) is 5.75. The van der Waals surface area contributed by atoms with Crippen LogP contribution in [0.3, 0.4) is 0 Å². The number of imidazole rings is 1. The summed E-state index contributed by atoms with van der Waals surface area (Å²) in [6.45, 7) is 5.02. The molecule has 0 amide bonds. The van der Waals surface area contributed by atoms with Crippen LogP contribution in [0.1, 0.15) is 13.8 Å². The maximum Gasteiger partial charge on any atom is 0.138 e. The van der Waals surface area contributed by atoms with Crippen LogP contribution in [0.5, 0.6) is 0 Å². The summed E-state index contributed by atoms with van der Waals surface area (Å²) in [5.74, 6) is 0.742. The van der Waals surface area contributed by atoms with Gasteiger partial charge in [-0.3, -0.25) is 0 Å². The van der Waals surface area contributed by atoms with Gasteiger partial charge in [0.2, 0.25) is 0 Å². The van der Waals surface area contributed by atoms with Gasteiger partial charge in [0.25, 0.3) is 0 Å². The van der Waals surface area contributed by atoms with Gasteiger partial charge in [-0.05, 0) is 34.0 Å². The first-order valence-corrected chi connectivity index (χ1v) is 6.54. The van der Waals surface area contributed by atoms with Crippen LogP contribution in [0, 0.1) is 11.7 Å². The summed E-state index contributed by atoms with van der Waals surface area (Å²) < 4.78 is 15.8. The van der Waals surface area contributed by atoms with Gasteiger partial charge in [-0.2, -0.15) is 0 Å². The third kappa shape index (κ3) is 2.56. The van der Waals surface area contributed by atoms with E-state index in [-0.39, 0.29) is 5.82 Å². The number of hydrogen-bond acceptors (Lipinski definition) is 2. The lowest BCUT2D eigenvalue weighted by molar-refractivity contribution is 0.527. The molecule has 2 rings (SSSR count). The molecule has 1 heterocycles. The Balaban J connectivity index is 2.39. The molecule has 0 fully saturated rings. The number of hydrogen-bond donors (Lipinski definition) is 1. The van der Waals surface area contributed by atoms with Crippen LogP contribution in [0.2, 0.25) is 0 Å². The Labute approximate surface area is 114 Å². The molecule has 0 atom stereocenters. The molecule has 2 N–H and O–H groups in total. The summed E-state index contributed by atoms with van der Waals surface area (Å²) in [6, 6.07) is 4.89. The number of aromatic nitrogens is 2. The van der Waals surface area contributed by atoms with Gasteiger partial charge in [-0.15, -0.1) is 0 Å². The first kappa shape index (κ1) is 13.1. The zero-order chi connectivity index (χ0) is 13.3. The van der Waals surface area contributed by atoms with Crippen LogP contribution in [0.4, 0.5) is 10.2 Å². The lowest BCUT2D eigenvalue weighted by atomic mass is 10.1. The van der Waals surface area contributed by atoms with Crippen molar-refractivity contribution in [3.63, 3.8) is 0 Å². The van der Waals surface area contributed by atoms with Crippen LogP contribution in [-0.4, -0.2) is 9.55 Å². The molecular formula is C13H15BrFN3. The van der Waals surface area contributed by atoms with Crippen molar-refractivity contribution in [3.05, 3.63) is 34.8 Å². The molecule has 3 nitrogen and oxygen atoms in total. The van der Waals surface area contributed by atoms with Crippen molar-refractivity contribution in [1.82, 2.24) is 9.55 Å². The SMILES string of the molecule is CC(C)Cn1cnc(-c2ccc(Br)c(F)c2)c1N. The average molecular weight is 312 g/mol. The molecule has 96 valence electrons. The van der Waals surface area contributed by atoms with Crippen LogP contribution in [0.15, 0.2) is 29.0 Å². The second-order valence-corrected chi connectivity index (χ2v) is 5.51. The molecule has 0 aliphatic rings. The zero-order valence-corrected chi connectivity index (χ0v) is 11.9. The molecule has 1 aromatic heterocycles. The highest BCUT2D eigenvalue weighted by molar-refractivity contribution is 9.10. The standard InChI is InChI=1S/C13H15BrFN3/c1-8(2)6-18-7-17-12(13(18)16)9-3-4-10(14)11(15)5-9/h3-5,7-8H,6,16H2,1-2H3. The van der Waals surface area contributed by atoms with Crippen molar-refractivity contribution in [2.75, 3.05) is 5.73 Å². The monoisotopic (exact) mass is 311 g/mol. The number of anilines is 1. The highest BCUT2D eigenvalue weighted by Gasteiger charge is 2.12. The Bertz CT molecular complexity index is 563. The van der Waals surface area contributed by atoms with Crippen molar-refractivity contribution >= 4 is 21.7 Å². The predicted octanol–water partition coefficient (Wildman–Crippen LogP) is 3.69. The molecule has 18 heavy (non-hydrogen) atoms. The highest BCUT2D eigenvalue weighted by Crippen LogP contribution is 2.27. The maximum absolute atomic E-state index is 13.5. The van der Waals surface area contributed by atoms with E-state index in [1.165, 1.54) is 6.07 Å². The van der Waals surface area contributed by atoms with Crippen molar-refractivity contribution in [3.8, 4) is 11.3 Å². The largest absolute Gasteiger partial charge is 0.383 e. The van der Waals surface area contributed by atoms with E-state index in [4.69, 9.17) is 5.73 Å². The minimum atomic E-state index is -0.315. The van der Waals surface area contributed by atoms with Gasteiger partial charge >= 0.3 is 0 Å². The van der Waals surface area contributed by atoms with Gasteiger partial charge < -0.3 is 10.3 Å². The smallest absolute Gasteiger partial charge is 0.138 e. The number of nitrogen functional groups attached to an aromatic ring is 1. The zero-order valence-electron chi connectivity index (χ0n) is 10.3. The normalized spacial score (nSPS) is 11.2. The second kappa shape index (κ2) is 5.10. The molecule has 0 saturated carbocycles. The number of rotatable bonds is 3. The van der Waals surface area contributed by atoms with Crippen molar-refractivity contribution in [2.24, 2.45) is 5.92 Å². The molecule has 2 aromatic rings. The molecule has 0 aliphatic heterocycles. The summed E-state index contributed by atoms with van der Waals surface area (Å²) in [5.41, 5.74) is 7.36. The lowest BCUT2D eigenvalue weighted by Gasteiger charge is -2.08. The quantitative estimate of drug-likeness (QED) is 0.939. The summed E-state index contributed by atoms with van der Waals surface area (Å²) in [7, 11) is 0. The van der Waals surface area contributed by atoms with Crippen LogP contribution >= 0.6 is 15.9 Å². The van der Waals surface area contributed by atoms with E-state index in [0.29, 0.717) is 27.5 Å². The van der Waals surface area contributed by atoms with Crippen LogP contribution < -0.4 is 5.73 Å². The Morgan fingerprint density at radius 1 is 1.44 bits per heavy atom. The van der Waals surface area contributed by atoms with Gasteiger partial charge in [0.05, 0.1) is 10.8 Å². The topological polar surface area (TPSA) is 43.8 Å². The second-order valence-electron chi connectivity index (χ2n) is 4.65. The van der Waals surface area contributed by atoms with E-state index >= 15 is 0 Å². The summed E-state index contributed by atoms with van der Waals surface area (Å²) in [5, 5.41) is 0. The van der Waals surface area contributed by atoms with Crippen molar-refractivity contribution < 1.29 is 4.39 Å². The van der Waals surface area contributed by atoms with E-state index in [9.17, 15) is 4.39 Å². The first-order chi connectivity index (χ1) is 8.49.